The fourth-order valence-electron chi connectivity index (χ4n) is 3.35. The summed E-state index contributed by atoms with van der Waals surface area (Å²) in [5.41, 5.74) is 2.68. The molecule has 0 saturated carbocycles. The molecule has 0 radical (unpaired) electrons. The lowest BCUT2D eigenvalue weighted by Gasteiger charge is -2.09. The third-order valence-corrected chi connectivity index (χ3v) is 6.35. The molecule has 4 rings (SSSR count). The van der Waals surface area contributed by atoms with Crippen LogP contribution in [0.1, 0.15) is 30.9 Å². The highest BCUT2D eigenvalue weighted by atomic mass is 32.2. The molecule has 3 aromatic carbocycles. The Bertz CT molecular complexity index is 1240. The Morgan fingerprint density at radius 2 is 1.69 bits per heavy atom. The van der Waals surface area contributed by atoms with Crippen molar-refractivity contribution in [1.29, 1.82) is 0 Å². The maximum Gasteiger partial charge on any atom is 0.261 e. The van der Waals surface area contributed by atoms with Crippen LogP contribution in [0.15, 0.2) is 84.0 Å². The first-order valence-corrected chi connectivity index (χ1v) is 11.0. The van der Waals surface area contributed by atoms with Gasteiger partial charge in [0.25, 0.3) is 10.0 Å². The largest absolute Gasteiger partial charge is 0.276 e. The third kappa shape index (κ3) is 4.17. The van der Waals surface area contributed by atoms with Crippen LogP contribution in [-0.4, -0.2) is 18.2 Å². The quantitative estimate of drug-likeness (QED) is 0.490. The molecule has 1 heterocycles. The number of sulfonamides is 1. The van der Waals surface area contributed by atoms with Gasteiger partial charge >= 0.3 is 0 Å². The molecule has 1 aromatic heterocycles. The molecule has 0 fully saturated rings. The summed E-state index contributed by atoms with van der Waals surface area (Å²) in [4.78, 5) is 0.240. The van der Waals surface area contributed by atoms with Crippen LogP contribution >= 0.6 is 0 Å². The van der Waals surface area contributed by atoms with Gasteiger partial charge in [0.05, 0.1) is 23.3 Å². The standard InChI is InChI=1S/C23H23N3O2S/c1-17(2)18-10-12-22(13-11-18)29(27,28)25-21-14-24-26(16-21)15-20-8-5-7-19-6-3-4-9-23(19)20/h3-14,16-17,25H,15H2,1-2H3. The summed E-state index contributed by atoms with van der Waals surface area (Å²) in [6.07, 6.45) is 3.24. The second-order valence-electron chi connectivity index (χ2n) is 7.39. The van der Waals surface area contributed by atoms with Crippen LogP contribution in [0.25, 0.3) is 10.8 Å². The van der Waals surface area contributed by atoms with Gasteiger partial charge in [-0.05, 0) is 39.9 Å². The molecule has 0 aliphatic heterocycles. The first-order chi connectivity index (χ1) is 13.9. The van der Waals surface area contributed by atoms with E-state index < -0.39 is 10.0 Å². The average molecular weight is 406 g/mol. The van der Waals surface area contributed by atoms with Crippen LogP contribution < -0.4 is 4.72 Å². The number of nitrogens with one attached hydrogen (secondary N) is 1. The summed E-state index contributed by atoms with van der Waals surface area (Å²) in [6.45, 7) is 4.71. The molecule has 4 aromatic rings. The number of hydrogen-bond acceptors (Lipinski definition) is 3. The predicted molar refractivity (Wildman–Crippen MR) is 117 cm³/mol. The van der Waals surface area contributed by atoms with E-state index in [1.54, 1.807) is 23.0 Å². The SMILES string of the molecule is CC(C)c1ccc(S(=O)(=O)Nc2cnn(Cc3cccc4ccccc34)c2)cc1. The smallest absolute Gasteiger partial charge is 0.261 e. The minimum Gasteiger partial charge on any atom is -0.276 e. The summed E-state index contributed by atoms with van der Waals surface area (Å²) in [7, 11) is -3.65. The summed E-state index contributed by atoms with van der Waals surface area (Å²) in [6, 6.07) is 21.3. The molecule has 0 unspecified atom stereocenters. The van der Waals surface area contributed by atoms with Gasteiger partial charge in [0.2, 0.25) is 0 Å². The van der Waals surface area contributed by atoms with Gasteiger partial charge in [-0.3, -0.25) is 9.40 Å². The number of benzene rings is 3. The molecule has 0 spiro atoms. The molecular weight excluding hydrogens is 382 g/mol. The molecule has 1 N–H and O–H groups in total. The molecule has 148 valence electrons. The summed E-state index contributed by atoms with van der Waals surface area (Å²) < 4.78 is 29.7. The van der Waals surface area contributed by atoms with Gasteiger partial charge in [0, 0.05) is 6.20 Å². The lowest BCUT2D eigenvalue weighted by Crippen LogP contribution is -2.12. The van der Waals surface area contributed by atoms with Crippen molar-refractivity contribution in [2.45, 2.75) is 31.2 Å². The Kier molecular flexibility index (Phi) is 5.11. The Morgan fingerprint density at radius 1 is 0.966 bits per heavy atom. The highest BCUT2D eigenvalue weighted by molar-refractivity contribution is 7.92. The van der Waals surface area contributed by atoms with E-state index in [-0.39, 0.29) is 4.90 Å². The fourth-order valence-corrected chi connectivity index (χ4v) is 4.38. The zero-order valence-electron chi connectivity index (χ0n) is 16.4. The zero-order valence-corrected chi connectivity index (χ0v) is 17.2. The van der Waals surface area contributed by atoms with Crippen molar-refractivity contribution in [2.24, 2.45) is 0 Å². The first kappa shape index (κ1) is 19.2. The topological polar surface area (TPSA) is 64.0 Å². The number of aromatic nitrogens is 2. The average Bonchev–Trinajstić information content (AvgIpc) is 3.14. The van der Waals surface area contributed by atoms with Gasteiger partial charge in [0.15, 0.2) is 0 Å². The summed E-state index contributed by atoms with van der Waals surface area (Å²) >= 11 is 0. The van der Waals surface area contributed by atoms with Crippen molar-refractivity contribution < 1.29 is 8.42 Å². The van der Waals surface area contributed by atoms with Crippen molar-refractivity contribution in [3.8, 4) is 0 Å². The molecule has 29 heavy (non-hydrogen) atoms. The molecule has 0 bridgehead atoms. The summed E-state index contributed by atoms with van der Waals surface area (Å²) in [5, 5.41) is 6.66. The second-order valence-corrected chi connectivity index (χ2v) is 9.08. The van der Waals surface area contributed by atoms with Crippen LogP contribution in [0.4, 0.5) is 5.69 Å². The Balaban J connectivity index is 1.53. The van der Waals surface area contributed by atoms with Gasteiger partial charge in [-0.25, -0.2) is 8.42 Å². The minimum absolute atomic E-state index is 0.240. The Labute approximate surface area is 171 Å². The third-order valence-electron chi connectivity index (χ3n) is 4.95. The summed E-state index contributed by atoms with van der Waals surface area (Å²) in [5.74, 6) is 0.354. The highest BCUT2D eigenvalue weighted by Crippen LogP contribution is 2.22. The fraction of sp³-hybridized carbons (Fsp3) is 0.174. The molecular formula is C23H23N3O2S. The van der Waals surface area contributed by atoms with E-state index >= 15 is 0 Å². The predicted octanol–water partition coefficient (Wildman–Crippen LogP) is 5.01. The number of rotatable bonds is 6. The van der Waals surface area contributed by atoms with Crippen molar-refractivity contribution >= 4 is 26.5 Å². The van der Waals surface area contributed by atoms with Crippen molar-refractivity contribution in [1.82, 2.24) is 9.78 Å². The Morgan fingerprint density at radius 3 is 2.45 bits per heavy atom. The number of fused-ring (bicyclic) bond motifs is 1. The Hall–Kier alpha value is -3.12. The molecule has 5 nitrogen and oxygen atoms in total. The van der Waals surface area contributed by atoms with E-state index in [4.69, 9.17) is 0 Å². The van der Waals surface area contributed by atoms with E-state index in [0.29, 0.717) is 18.2 Å². The van der Waals surface area contributed by atoms with Gasteiger partial charge in [-0.1, -0.05) is 68.4 Å². The van der Waals surface area contributed by atoms with Crippen LogP contribution in [0.3, 0.4) is 0 Å². The monoisotopic (exact) mass is 405 g/mol. The number of hydrogen-bond donors (Lipinski definition) is 1. The van der Waals surface area contributed by atoms with Crippen LogP contribution in [0, 0.1) is 0 Å². The minimum atomic E-state index is -3.65. The number of anilines is 1. The lowest BCUT2D eigenvalue weighted by atomic mass is 10.0. The normalized spacial score (nSPS) is 11.8. The lowest BCUT2D eigenvalue weighted by molar-refractivity contribution is 0.601. The van der Waals surface area contributed by atoms with Gasteiger partial charge in [-0.15, -0.1) is 0 Å². The van der Waals surface area contributed by atoms with E-state index in [1.807, 2.05) is 30.3 Å². The second kappa shape index (κ2) is 7.72. The van der Waals surface area contributed by atoms with Crippen LogP contribution in [0.2, 0.25) is 0 Å². The molecule has 0 saturated heterocycles. The molecule has 0 atom stereocenters. The van der Waals surface area contributed by atoms with Crippen molar-refractivity contribution in [2.75, 3.05) is 4.72 Å². The highest BCUT2D eigenvalue weighted by Gasteiger charge is 2.15. The van der Waals surface area contributed by atoms with Crippen molar-refractivity contribution in [3.63, 3.8) is 0 Å². The first-order valence-electron chi connectivity index (χ1n) is 9.54. The van der Waals surface area contributed by atoms with Crippen LogP contribution in [0.5, 0.6) is 0 Å². The van der Waals surface area contributed by atoms with E-state index in [9.17, 15) is 8.42 Å². The number of nitrogens with zero attached hydrogens (tertiary/aromatic N) is 2. The molecule has 0 aliphatic rings. The van der Waals surface area contributed by atoms with E-state index in [0.717, 1.165) is 16.5 Å². The molecule has 6 heteroatoms. The molecule has 0 aliphatic carbocycles. The van der Waals surface area contributed by atoms with E-state index in [2.05, 4.69) is 47.9 Å². The zero-order chi connectivity index (χ0) is 20.4. The van der Waals surface area contributed by atoms with Crippen LogP contribution in [-0.2, 0) is 16.6 Å². The van der Waals surface area contributed by atoms with Gasteiger partial charge in [-0.2, -0.15) is 5.10 Å². The maximum absolute atomic E-state index is 12.7. The maximum atomic E-state index is 12.7. The van der Waals surface area contributed by atoms with Gasteiger partial charge < -0.3 is 0 Å². The molecule has 0 amide bonds. The van der Waals surface area contributed by atoms with Crippen molar-refractivity contribution in [3.05, 3.63) is 90.3 Å². The van der Waals surface area contributed by atoms with E-state index in [1.165, 1.54) is 11.6 Å². The van der Waals surface area contributed by atoms with Gasteiger partial charge in [0.1, 0.15) is 0 Å².